The minimum Gasteiger partial charge on any atom is -0.468 e. The Labute approximate surface area is 167 Å². The standard InChI is InChI=1S/C24H28N2O2/c1-3-26(4-2)21(22-16-11-17-28-22)18-25-24(27)23(19-12-7-5-8-13-19)20-14-9-6-10-15-20/h5-17,21,23H,3-4,18H2,1-2H3,(H,25,27). The number of amides is 1. The minimum absolute atomic E-state index is 0.00103. The Kier molecular flexibility index (Phi) is 7.04. The number of benzene rings is 2. The van der Waals surface area contributed by atoms with Crippen LogP contribution in [0.2, 0.25) is 0 Å². The van der Waals surface area contributed by atoms with Crippen LogP contribution in [0.4, 0.5) is 0 Å². The molecule has 0 aliphatic heterocycles. The molecule has 0 fully saturated rings. The largest absolute Gasteiger partial charge is 0.468 e. The highest BCUT2D eigenvalue weighted by atomic mass is 16.3. The molecule has 1 unspecified atom stereocenters. The quantitative estimate of drug-likeness (QED) is 0.593. The van der Waals surface area contributed by atoms with E-state index in [-0.39, 0.29) is 17.9 Å². The van der Waals surface area contributed by atoms with Crippen LogP contribution in [0, 0.1) is 0 Å². The van der Waals surface area contributed by atoms with E-state index in [2.05, 4.69) is 24.1 Å². The van der Waals surface area contributed by atoms with E-state index in [0.717, 1.165) is 30.0 Å². The molecule has 3 rings (SSSR count). The third-order valence-corrected chi connectivity index (χ3v) is 5.12. The number of hydrogen-bond acceptors (Lipinski definition) is 3. The Bertz CT molecular complexity index is 788. The molecule has 4 heteroatoms. The van der Waals surface area contributed by atoms with Gasteiger partial charge >= 0.3 is 0 Å². The molecule has 2 aromatic carbocycles. The van der Waals surface area contributed by atoms with Gasteiger partial charge in [-0.1, -0.05) is 74.5 Å². The van der Waals surface area contributed by atoms with Crippen LogP contribution in [-0.4, -0.2) is 30.4 Å². The molecule has 1 heterocycles. The molecular formula is C24H28N2O2. The van der Waals surface area contributed by atoms with Crippen molar-refractivity contribution in [2.75, 3.05) is 19.6 Å². The van der Waals surface area contributed by atoms with E-state index in [0.29, 0.717) is 6.54 Å². The highest BCUT2D eigenvalue weighted by Crippen LogP contribution is 2.26. The highest BCUT2D eigenvalue weighted by molar-refractivity contribution is 5.87. The summed E-state index contributed by atoms with van der Waals surface area (Å²) in [5.74, 6) is 0.539. The van der Waals surface area contributed by atoms with Gasteiger partial charge in [0, 0.05) is 6.54 Å². The Morgan fingerprint density at radius 3 is 1.93 bits per heavy atom. The van der Waals surface area contributed by atoms with E-state index in [1.165, 1.54) is 0 Å². The zero-order valence-electron chi connectivity index (χ0n) is 16.5. The number of nitrogens with zero attached hydrogens (tertiary/aromatic N) is 1. The molecule has 3 aromatic rings. The van der Waals surface area contributed by atoms with Crippen molar-refractivity contribution < 1.29 is 9.21 Å². The third-order valence-electron chi connectivity index (χ3n) is 5.12. The second-order valence-corrected chi connectivity index (χ2v) is 6.75. The normalized spacial score (nSPS) is 12.3. The van der Waals surface area contributed by atoms with E-state index < -0.39 is 0 Å². The van der Waals surface area contributed by atoms with Crippen LogP contribution in [0.1, 0.15) is 42.7 Å². The van der Waals surface area contributed by atoms with Gasteiger partial charge in [0.25, 0.3) is 0 Å². The Balaban J connectivity index is 1.81. The molecule has 0 aliphatic rings. The van der Waals surface area contributed by atoms with Crippen LogP contribution in [0.25, 0.3) is 0 Å². The van der Waals surface area contributed by atoms with Crippen LogP contribution < -0.4 is 5.32 Å². The number of furan rings is 1. The summed E-state index contributed by atoms with van der Waals surface area (Å²) >= 11 is 0. The lowest BCUT2D eigenvalue weighted by Crippen LogP contribution is -2.39. The van der Waals surface area contributed by atoms with Crippen LogP contribution >= 0.6 is 0 Å². The summed E-state index contributed by atoms with van der Waals surface area (Å²) in [5, 5.41) is 3.18. The predicted molar refractivity (Wildman–Crippen MR) is 112 cm³/mol. The lowest BCUT2D eigenvalue weighted by atomic mass is 9.90. The van der Waals surface area contributed by atoms with Gasteiger partial charge in [-0.3, -0.25) is 9.69 Å². The lowest BCUT2D eigenvalue weighted by molar-refractivity contribution is -0.122. The van der Waals surface area contributed by atoms with Gasteiger partial charge in [0.15, 0.2) is 0 Å². The maximum absolute atomic E-state index is 13.3. The van der Waals surface area contributed by atoms with Crippen LogP contribution in [0.5, 0.6) is 0 Å². The minimum atomic E-state index is -0.337. The molecule has 4 nitrogen and oxygen atoms in total. The number of hydrogen-bond donors (Lipinski definition) is 1. The van der Waals surface area contributed by atoms with Crippen molar-refractivity contribution in [1.29, 1.82) is 0 Å². The molecule has 0 saturated carbocycles. The summed E-state index contributed by atoms with van der Waals surface area (Å²) in [5.41, 5.74) is 1.98. The molecular weight excluding hydrogens is 348 g/mol. The van der Waals surface area contributed by atoms with Crippen molar-refractivity contribution in [3.8, 4) is 0 Å². The summed E-state index contributed by atoms with van der Waals surface area (Å²) in [6.07, 6.45) is 1.68. The topological polar surface area (TPSA) is 45.5 Å². The zero-order valence-corrected chi connectivity index (χ0v) is 16.5. The highest BCUT2D eigenvalue weighted by Gasteiger charge is 2.26. The van der Waals surface area contributed by atoms with E-state index in [1.54, 1.807) is 6.26 Å². The van der Waals surface area contributed by atoms with Crippen molar-refractivity contribution in [3.05, 3.63) is 95.9 Å². The lowest BCUT2D eigenvalue weighted by Gasteiger charge is -2.29. The molecule has 1 amide bonds. The molecule has 0 spiro atoms. The second-order valence-electron chi connectivity index (χ2n) is 6.75. The fourth-order valence-corrected chi connectivity index (χ4v) is 3.64. The summed E-state index contributed by atoms with van der Waals surface area (Å²) in [6, 6.07) is 23.7. The first-order valence-corrected chi connectivity index (χ1v) is 9.89. The van der Waals surface area contributed by atoms with Crippen LogP contribution in [-0.2, 0) is 4.79 Å². The number of carbonyl (C=O) groups excluding carboxylic acids is 1. The fourth-order valence-electron chi connectivity index (χ4n) is 3.64. The van der Waals surface area contributed by atoms with Gasteiger partial charge in [0.1, 0.15) is 5.76 Å². The van der Waals surface area contributed by atoms with Crippen molar-refractivity contribution in [2.45, 2.75) is 25.8 Å². The van der Waals surface area contributed by atoms with Crippen molar-refractivity contribution >= 4 is 5.91 Å². The average molecular weight is 377 g/mol. The Hall–Kier alpha value is -2.85. The monoisotopic (exact) mass is 376 g/mol. The Morgan fingerprint density at radius 1 is 0.893 bits per heavy atom. The molecule has 1 aromatic heterocycles. The van der Waals surface area contributed by atoms with E-state index in [1.807, 2.05) is 72.8 Å². The third kappa shape index (κ3) is 4.70. The smallest absolute Gasteiger partial charge is 0.232 e. The molecule has 1 N–H and O–H groups in total. The number of rotatable bonds is 9. The van der Waals surface area contributed by atoms with Gasteiger partial charge in [-0.25, -0.2) is 0 Å². The molecule has 1 atom stereocenters. The summed E-state index contributed by atoms with van der Waals surface area (Å²) in [4.78, 5) is 15.5. The maximum Gasteiger partial charge on any atom is 0.232 e. The number of likely N-dealkylation sites (N-methyl/N-ethyl adjacent to an activating group) is 1. The first kappa shape index (κ1) is 19.9. The number of carbonyl (C=O) groups is 1. The molecule has 0 saturated heterocycles. The zero-order chi connectivity index (χ0) is 19.8. The Morgan fingerprint density at radius 2 is 1.46 bits per heavy atom. The average Bonchev–Trinajstić information content (AvgIpc) is 3.27. The van der Waals surface area contributed by atoms with Gasteiger partial charge in [0.2, 0.25) is 5.91 Å². The van der Waals surface area contributed by atoms with Gasteiger partial charge < -0.3 is 9.73 Å². The van der Waals surface area contributed by atoms with Gasteiger partial charge in [-0.2, -0.15) is 0 Å². The van der Waals surface area contributed by atoms with Crippen molar-refractivity contribution in [1.82, 2.24) is 10.2 Å². The van der Waals surface area contributed by atoms with Crippen LogP contribution in [0.3, 0.4) is 0 Å². The molecule has 146 valence electrons. The van der Waals surface area contributed by atoms with Gasteiger partial charge in [-0.05, 0) is 36.3 Å². The van der Waals surface area contributed by atoms with E-state index >= 15 is 0 Å². The van der Waals surface area contributed by atoms with Gasteiger partial charge in [-0.15, -0.1) is 0 Å². The first-order chi connectivity index (χ1) is 13.7. The van der Waals surface area contributed by atoms with E-state index in [4.69, 9.17) is 4.42 Å². The molecule has 0 aliphatic carbocycles. The second kappa shape index (κ2) is 9.90. The first-order valence-electron chi connectivity index (χ1n) is 9.89. The number of nitrogens with one attached hydrogen (secondary N) is 1. The van der Waals surface area contributed by atoms with Gasteiger partial charge in [0.05, 0.1) is 18.2 Å². The maximum atomic E-state index is 13.3. The van der Waals surface area contributed by atoms with E-state index in [9.17, 15) is 4.79 Å². The van der Waals surface area contributed by atoms with Crippen molar-refractivity contribution in [3.63, 3.8) is 0 Å². The summed E-state index contributed by atoms with van der Waals surface area (Å²) in [7, 11) is 0. The predicted octanol–water partition coefficient (Wildman–Crippen LogP) is 4.61. The molecule has 0 bridgehead atoms. The summed E-state index contributed by atoms with van der Waals surface area (Å²) in [6.45, 7) is 6.53. The summed E-state index contributed by atoms with van der Waals surface area (Å²) < 4.78 is 5.65. The molecule has 0 radical (unpaired) electrons. The van der Waals surface area contributed by atoms with Crippen LogP contribution in [0.15, 0.2) is 83.5 Å². The fraction of sp³-hybridized carbons (Fsp3) is 0.292. The molecule has 28 heavy (non-hydrogen) atoms. The van der Waals surface area contributed by atoms with Crippen molar-refractivity contribution in [2.24, 2.45) is 0 Å². The SMILES string of the molecule is CCN(CC)C(CNC(=O)C(c1ccccc1)c1ccccc1)c1ccco1.